The molecule has 1 aromatic carbocycles. The lowest BCUT2D eigenvalue weighted by Crippen LogP contribution is -2.34. The van der Waals surface area contributed by atoms with E-state index >= 15 is 0 Å². The number of nitrogens with one attached hydrogen (secondary N) is 2. The molecule has 1 aliphatic rings. The van der Waals surface area contributed by atoms with Crippen LogP contribution in [0.1, 0.15) is 48.9 Å². The quantitative estimate of drug-likeness (QED) is 0.823. The molecule has 1 fully saturated rings. The molecule has 3 rings (SSSR count). The average molecular weight is 346 g/mol. The van der Waals surface area contributed by atoms with Gasteiger partial charge in [-0.05, 0) is 25.0 Å². The van der Waals surface area contributed by atoms with Gasteiger partial charge in [0.1, 0.15) is 11.6 Å². The van der Waals surface area contributed by atoms with Crippen molar-refractivity contribution in [2.45, 2.75) is 44.6 Å². The van der Waals surface area contributed by atoms with Crippen LogP contribution in [0.5, 0.6) is 0 Å². The molecule has 1 amide bonds. The highest BCUT2D eigenvalue weighted by Gasteiger charge is 2.16. The zero-order valence-electron chi connectivity index (χ0n) is 13.8. The summed E-state index contributed by atoms with van der Waals surface area (Å²) >= 11 is 0. The molecule has 0 atom stereocenters. The highest BCUT2D eigenvalue weighted by atomic mass is 19.1. The minimum atomic E-state index is -0.737. The molecule has 2 N–H and O–H groups in total. The van der Waals surface area contributed by atoms with Gasteiger partial charge in [-0.2, -0.15) is 0 Å². The van der Waals surface area contributed by atoms with E-state index in [-0.39, 0.29) is 23.6 Å². The normalized spacial score (nSPS) is 15.4. The fraction of sp³-hybridized carbons (Fsp3) is 0.389. The van der Waals surface area contributed by atoms with Crippen molar-refractivity contribution >= 4 is 17.5 Å². The van der Waals surface area contributed by atoms with Crippen LogP contribution in [0.25, 0.3) is 0 Å². The number of hydrogen-bond acceptors (Lipinski definition) is 4. The first kappa shape index (κ1) is 17.3. The number of nitrogens with zero attached hydrogens (tertiary/aromatic N) is 2. The van der Waals surface area contributed by atoms with Crippen LogP contribution >= 0.6 is 0 Å². The van der Waals surface area contributed by atoms with Crippen LogP contribution in [0, 0.1) is 11.6 Å². The van der Waals surface area contributed by atoms with Gasteiger partial charge < -0.3 is 10.6 Å². The second kappa shape index (κ2) is 8.00. The van der Waals surface area contributed by atoms with Crippen molar-refractivity contribution < 1.29 is 13.6 Å². The summed E-state index contributed by atoms with van der Waals surface area (Å²) in [6.07, 6.45) is 9.48. The Morgan fingerprint density at radius 2 is 1.72 bits per heavy atom. The summed E-state index contributed by atoms with van der Waals surface area (Å²) < 4.78 is 26.5. The van der Waals surface area contributed by atoms with Gasteiger partial charge in [0.05, 0.1) is 11.3 Å². The van der Waals surface area contributed by atoms with Crippen molar-refractivity contribution in [2.24, 2.45) is 0 Å². The summed E-state index contributed by atoms with van der Waals surface area (Å²) in [7, 11) is 0. The lowest BCUT2D eigenvalue weighted by atomic mass is 10.1. The minimum Gasteiger partial charge on any atom is -0.349 e. The number of aromatic nitrogens is 2. The van der Waals surface area contributed by atoms with Crippen LogP contribution in [-0.4, -0.2) is 21.9 Å². The maximum absolute atomic E-state index is 13.6. The van der Waals surface area contributed by atoms with Crippen LogP contribution < -0.4 is 10.6 Å². The predicted molar refractivity (Wildman–Crippen MR) is 90.6 cm³/mol. The Bertz CT molecular complexity index is 728. The molecule has 0 radical (unpaired) electrons. The molecule has 132 valence electrons. The Kier molecular flexibility index (Phi) is 5.53. The van der Waals surface area contributed by atoms with Gasteiger partial charge in [-0.3, -0.25) is 4.79 Å². The third-order valence-electron chi connectivity index (χ3n) is 4.28. The number of rotatable bonds is 4. The van der Waals surface area contributed by atoms with E-state index < -0.39 is 11.6 Å². The molecule has 7 heteroatoms. The number of hydrogen-bond donors (Lipinski definition) is 2. The summed E-state index contributed by atoms with van der Waals surface area (Å²) in [5, 5.41) is 5.68. The Hall–Kier alpha value is -2.57. The van der Waals surface area contributed by atoms with Gasteiger partial charge in [-0.15, -0.1) is 0 Å². The lowest BCUT2D eigenvalue weighted by Gasteiger charge is -2.16. The first-order valence-electron chi connectivity index (χ1n) is 8.47. The van der Waals surface area contributed by atoms with E-state index in [2.05, 4.69) is 20.6 Å². The van der Waals surface area contributed by atoms with Gasteiger partial charge in [-0.1, -0.05) is 25.7 Å². The molecule has 0 spiro atoms. The van der Waals surface area contributed by atoms with E-state index in [0.29, 0.717) is 5.56 Å². The predicted octanol–water partition coefficient (Wildman–Crippen LogP) is 3.95. The number of carbonyl (C=O) groups excluding carboxylic acids is 1. The summed E-state index contributed by atoms with van der Waals surface area (Å²) in [5.74, 6) is -1.46. The van der Waals surface area contributed by atoms with Crippen LogP contribution in [-0.2, 0) is 0 Å². The molecule has 25 heavy (non-hydrogen) atoms. The second-order valence-corrected chi connectivity index (χ2v) is 6.21. The van der Waals surface area contributed by atoms with E-state index in [0.717, 1.165) is 37.8 Å². The molecule has 1 aliphatic carbocycles. The molecular weight excluding hydrogens is 326 g/mol. The zero-order chi connectivity index (χ0) is 17.6. The second-order valence-electron chi connectivity index (χ2n) is 6.21. The first-order chi connectivity index (χ1) is 12.1. The number of anilines is 2. The maximum Gasteiger partial charge on any atom is 0.254 e. The Morgan fingerprint density at radius 1 is 1.04 bits per heavy atom. The van der Waals surface area contributed by atoms with Crippen molar-refractivity contribution in [3.8, 4) is 0 Å². The van der Waals surface area contributed by atoms with Gasteiger partial charge >= 0.3 is 0 Å². The largest absolute Gasteiger partial charge is 0.349 e. The molecule has 0 saturated heterocycles. The number of benzene rings is 1. The van der Waals surface area contributed by atoms with Gasteiger partial charge in [0, 0.05) is 24.5 Å². The molecule has 1 saturated carbocycles. The minimum absolute atomic E-state index is 0.0667. The first-order valence-corrected chi connectivity index (χ1v) is 8.47. The van der Waals surface area contributed by atoms with Crippen molar-refractivity contribution in [1.82, 2.24) is 15.3 Å². The molecule has 0 bridgehead atoms. The Balaban J connectivity index is 1.62. The summed E-state index contributed by atoms with van der Waals surface area (Å²) in [5.41, 5.74) is 0.423. The fourth-order valence-electron chi connectivity index (χ4n) is 2.91. The van der Waals surface area contributed by atoms with Crippen LogP contribution in [0.4, 0.5) is 20.4 Å². The van der Waals surface area contributed by atoms with Crippen molar-refractivity contribution in [2.75, 3.05) is 5.32 Å². The number of carbonyl (C=O) groups is 1. The summed E-state index contributed by atoms with van der Waals surface area (Å²) in [6.45, 7) is 0. The van der Waals surface area contributed by atoms with Crippen LogP contribution in [0.3, 0.4) is 0 Å². The SMILES string of the molecule is O=C(NC1CCCCCC1)c1cnc(Nc2ccc(F)cc2F)nc1. The van der Waals surface area contributed by atoms with Crippen molar-refractivity contribution in [3.05, 3.63) is 47.8 Å². The number of amides is 1. The summed E-state index contributed by atoms with van der Waals surface area (Å²) in [6, 6.07) is 3.37. The van der Waals surface area contributed by atoms with Gasteiger partial charge in [-0.25, -0.2) is 18.7 Å². The smallest absolute Gasteiger partial charge is 0.254 e. The van der Waals surface area contributed by atoms with Crippen LogP contribution in [0.2, 0.25) is 0 Å². The third-order valence-corrected chi connectivity index (χ3v) is 4.28. The number of halogens is 2. The van der Waals surface area contributed by atoms with E-state index in [1.54, 1.807) is 0 Å². The van der Waals surface area contributed by atoms with Gasteiger partial charge in [0.15, 0.2) is 0 Å². The molecule has 1 aromatic heterocycles. The Morgan fingerprint density at radius 3 is 2.36 bits per heavy atom. The summed E-state index contributed by atoms with van der Waals surface area (Å²) in [4.78, 5) is 20.3. The van der Waals surface area contributed by atoms with E-state index in [1.807, 2.05) is 0 Å². The van der Waals surface area contributed by atoms with E-state index in [9.17, 15) is 13.6 Å². The monoisotopic (exact) mass is 346 g/mol. The molecule has 5 nitrogen and oxygen atoms in total. The lowest BCUT2D eigenvalue weighted by molar-refractivity contribution is 0.0932. The molecule has 1 heterocycles. The highest BCUT2D eigenvalue weighted by Crippen LogP contribution is 2.19. The molecule has 0 unspecified atom stereocenters. The van der Waals surface area contributed by atoms with Crippen LogP contribution in [0.15, 0.2) is 30.6 Å². The van der Waals surface area contributed by atoms with E-state index in [1.165, 1.54) is 31.3 Å². The third kappa shape index (κ3) is 4.71. The van der Waals surface area contributed by atoms with E-state index in [4.69, 9.17) is 0 Å². The standard InChI is InChI=1S/C18H20F2N4O/c19-13-7-8-16(15(20)9-13)24-18-21-10-12(11-22-18)17(25)23-14-5-3-1-2-4-6-14/h7-11,14H,1-6H2,(H,23,25)(H,21,22,24). The van der Waals surface area contributed by atoms with Gasteiger partial charge in [0.2, 0.25) is 5.95 Å². The van der Waals surface area contributed by atoms with Crippen molar-refractivity contribution in [3.63, 3.8) is 0 Å². The highest BCUT2D eigenvalue weighted by molar-refractivity contribution is 5.93. The maximum atomic E-state index is 13.6. The van der Waals surface area contributed by atoms with Crippen molar-refractivity contribution in [1.29, 1.82) is 0 Å². The molecular formula is C18H20F2N4O. The molecule has 2 aromatic rings. The average Bonchev–Trinajstić information content (AvgIpc) is 2.87. The zero-order valence-corrected chi connectivity index (χ0v) is 13.8. The fourth-order valence-corrected chi connectivity index (χ4v) is 2.91. The topological polar surface area (TPSA) is 66.9 Å². The Labute approximate surface area is 144 Å². The molecule has 0 aliphatic heterocycles. The van der Waals surface area contributed by atoms with Gasteiger partial charge in [0.25, 0.3) is 5.91 Å².